The van der Waals surface area contributed by atoms with E-state index < -0.39 is 5.92 Å². The zero-order valence-corrected chi connectivity index (χ0v) is 12.1. The number of nitrogens with zero attached hydrogens (tertiary/aromatic N) is 2. The van der Waals surface area contributed by atoms with Gasteiger partial charge in [0.05, 0.1) is 24.9 Å². The Kier molecular flexibility index (Phi) is 3.78. The molecule has 7 heteroatoms. The van der Waals surface area contributed by atoms with Crippen molar-refractivity contribution < 1.29 is 14.3 Å². The number of aromatic nitrogens is 2. The molecule has 0 unspecified atom stereocenters. The molecule has 0 spiro atoms. The molecule has 7 nitrogen and oxygen atoms in total. The summed E-state index contributed by atoms with van der Waals surface area (Å²) in [5, 5.41) is 9.15. The third-order valence-corrected chi connectivity index (χ3v) is 3.63. The maximum Gasteiger partial charge on any atom is 0.230 e. The molecule has 2 heterocycles. The molecule has 1 aromatic heterocycles. The van der Waals surface area contributed by atoms with Crippen LogP contribution in [0.3, 0.4) is 0 Å². The van der Waals surface area contributed by atoms with Gasteiger partial charge in [0.1, 0.15) is 11.6 Å². The second kappa shape index (κ2) is 5.88. The number of aromatic amines is 1. The Morgan fingerprint density at radius 1 is 1.41 bits per heavy atom. The summed E-state index contributed by atoms with van der Waals surface area (Å²) < 4.78 is 5.28. The molecule has 2 amide bonds. The first-order valence-electron chi connectivity index (χ1n) is 6.92. The Labute approximate surface area is 127 Å². The Bertz CT molecular complexity index is 684. The van der Waals surface area contributed by atoms with Crippen LogP contribution in [-0.2, 0) is 9.59 Å². The fraction of sp³-hybridized carbons (Fsp3) is 0.267. The number of hydrogen-bond acceptors (Lipinski definition) is 4. The molecule has 1 atom stereocenters. The number of H-pyrrole nitrogens is 1. The number of para-hydroxylation sites is 2. The van der Waals surface area contributed by atoms with Crippen molar-refractivity contribution in [2.24, 2.45) is 5.92 Å². The van der Waals surface area contributed by atoms with E-state index in [1.54, 1.807) is 30.3 Å². The van der Waals surface area contributed by atoms with Gasteiger partial charge >= 0.3 is 0 Å². The number of carbonyl (C=O) groups is 2. The molecule has 2 N–H and O–H groups in total. The molecule has 1 aliphatic heterocycles. The first kappa shape index (κ1) is 14.1. The van der Waals surface area contributed by atoms with Gasteiger partial charge in [-0.3, -0.25) is 14.7 Å². The zero-order chi connectivity index (χ0) is 15.5. The molecule has 1 aromatic carbocycles. The minimum Gasteiger partial charge on any atom is -0.495 e. The third-order valence-electron chi connectivity index (χ3n) is 3.63. The van der Waals surface area contributed by atoms with E-state index in [1.807, 2.05) is 18.2 Å². The maximum absolute atomic E-state index is 12.2. The van der Waals surface area contributed by atoms with Gasteiger partial charge in [-0.15, -0.1) is 0 Å². The number of hydrogen-bond donors (Lipinski definition) is 2. The van der Waals surface area contributed by atoms with Gasteiger partial charge in [-0.25, -0.2) is 0 Å². The lowest BCUT2D eigenvalue weighted by molar-refractivity contribution is -0.122. The average Bonchev–Trinajstić information content (AvgIpc) is 3.16. The fourth-order valence-electron chi connectivity index (χ4n) is 2.53. The predicted molar refractivity (Wildman–Crippen MR) is 80.7 cm³/mol. The molecule has 1 saturated heterocycles. The number of methoxy groups -OCH3 is 1. The van der Waals surface area contributed by atoms with E-state index in [4.69, 9.17) is 4.74 Å². The van der Waals surface area contributed by atoms with Gasteiger partial charge in [0.25, 0.3) is 0 Å². The van der Waals surface area contributed by atoms with E-state index in [2.05, 4.69) is 15.5 Å². The minimum absolute atomic E-state index is 0.0886. The number of amides is 2. The van der Waals surface area contributed by atoms with Crippen molar-refractivity contribution in [2.75, 3.05) is 23.9 Å². The largest absolute Gasteiger partial charge is 0.495 e. The first-order chi connectivity index (χ1) is 10.7. The summed E-state index contributed by atoms with van der Waals surface area (Å²) in [5.41, 5.74) is 0.687. The van der Waals surface area contributed by atoms with Gasteiger partial charge in [0.15, 0.2) is 0 Å². The fourth-order valence-corrected chi connectivity index (χ4v) is 2.53. The summed E-state index contributed by atoms with van der Waals surface area (Å²) in [5.74, 6) is 0.448. The highest BCUT2D eigenvalue weighted by Gasteiger charge is 2.36. The van der Waals surface area contributed by atoms with E-state index in [1.165, 1.54) is 0 Å². The summed E-state index contributed by atoms with van der Waals surface area (Å²) in [6.07, 6.45) is 1.73. The summed E-state index contributed by atoms with van der Waals surface area (Å²) >= 11 is 0. The monoisotopic (exact) mass is 300 g/mol. The smallest absolute Gasteiger partial charge is 0.230 e. The van der Waals surface area contributed by atoms with E-state index in [9.17, 15) is 9.59 Å². The van der Waals surface area contributed by atoms with E-state index in [-0.39, 0.29) is 18.2 Å². The minimum atomic E-state index is -0.402. The molecule has 22 heavy (non-hydrogen) atoms. The van der Waals surface area contributed by atoms with Crippen LogP contribution in [0.5, 0.6) is 5.75 Å². The molecule has 2 aromatic rings. The van der Waals surface area contributed by atoms with Crippen LogP contribution in [-0.4, -0.2) is 35.7 Å². The summed E-state index contributed by atoms with van der Waals surface area (Å²) in [4.78, 5) is 26.0. The number of benzene rings is 1. The van der Waals surface area contributed by atoms with Crippen molar-refractivity contribution in [3.63, 3.8) is 0 Å². The van der Waals surface area contributed by atoms with Crippen LogP contribution in [0.2, 0.25) is 0 Å². The van der Waals surface area contributed by atoms with Crippen molar-refractivity contribution in [2.45, 2.75) is 6.42 Å². The molecule has 0 saturated carbocycles. The normalized spacial score (nSPS) is 17.6. The van der Waals surface area contributed by atoms with Crippen molar-refractivity contribution >= 4 is 23.3 Å². The molecule has 0 radical (unpaired) electrons. The van der Waals surface area contributed by atoms with Crippen molar-refractivity contribution in [1.82, 2.24) is 10.2 Å². The SMILES string of the molecule is COc1ccccc1N1C[C@@H](C(=O)Nc2ccn[nH]2)CC1=O. The summed E-state index contributed by atoms with van der Waals surface area (Å²) in [6.45, 7) is 0.333. The molecule has 0 bridgehead atoms. The lowest BCUT2D eigenvalue weighted by Crippen LogP contribution is -2.28. The molecule has 1 aliphatic rings. The third kappa shape index (κ3) is 2.65. The molecule has 0 aliphatic carbocycles. The van der Waals surface area contributed by atoms with E-state index in [0.29, 0.717) is 23.8 Å². The molecule has 114 valence electrons. The Morgan fingerprint density at radius 3 is 2.95 bits per heavy atom. The van der Waals surface area contributed by atoms with Gasteiger partial charge < -0.3 is 15.0 Å². The van der Waals surface area contributed by atoms with Crippen LogP contribution in [0.1, 0.15) is 6.42 Å². The van der Waals surface area contributed by atoms with E-state index >= 15 is 0 Å². The summed E-state index contributed by atoms with van der Waals surface area (Å²) in [7, 11) is 1.56. The van der Waals surface area contributed by atoms with Crippen LogP contribution in [0.15, 0.2) is 36.5 Å². The number of ether oxygens (including phenoxy) is 1. The predicted octanol–water partition coefficient (Wildman–Crippen LogP) is 1.41. The quantitative estimate of drug-likeness (QED) is 0.893. The molecule has 1 fully saturated rings. The number of nitrogens with one attached hydrogen (secondary N) is 2. The average molecular weight is 300 g/mol. The van der Waals surface area contributed by atoms with Crippen molar-refractivity contribution in [3.8, 4) is 5.75 Å². The van der Waals surface area contributed by atoms with Crippen LogP contribution >= 0.6 is 0 Å². The highest BCUT2D eigenvalue weighted by molar-refractivity contribution is 6.03. The lowest BCUT2D eigenvalue weighted by atomic mass is 10.1. The maximum atomic E-state index is 12.2. The highest BCUT2D eigenvalue weighted by atomic mass is 16.5. The second-order valence-corrected chi connectivity index (χ2v) is 5.04. The number of anilines is 2. The van der Waals surface area contributed by atoms with Gasteiger partial charge in [-0.2, -0.15) is 5.10 Å². The van der Waals surface area contributed by atoms with Gasteiger partial charge in [-0.05, 0) is 12.1 Å². The van der Waals surface area contributed by atoms with Crippen molar-refractivity contribution in [3.05, 3.63) is 36.5 Å². The topological polar surface area (TPSA) is 87.3 Å². The standard InChI is InChI=1S/C15H16N4O3/c1-22-12-5-3-2-4-11(12)19-9-10(8-14(19)20)15(21)17-13-6-7-16-18-13/h2-7,10H,8-9H2,1H3,(H2,16,17,18,21)/t10-/m0/s1. The Balaban J connectivity index is 1.74. The Hall–Kier alpha value is -2.83. The van der Waals surface area contributed by atoms with Crippen LogP contribution in [0, 0.1) is 5.92 Å². The van der Waals surface area contributed by atoms with Gasteiger partial charge in [-0.1, -0.05) is 12.1 Å². The van der Waals surface area contributed by atoms with Crippen LogP contribution < -0.4 is 15.0 Å². The second-order valence-electron chi connectivity index (χ2n) is 5.04. The molecular weight excluding hydrogens is 284 g/mol. The Morgan fingerprint density at radius 2 is 2.23 bits per heavy atom. The first-order valence-corrected chi connectivity index (χ1v) is 6.92. The van der Waals surface area contributed by atoms with Crippen LogP contribution in [0.25, 0.3) is 0 Å². The van der Waals surface area contributed by atoms with Crippen molar-refractivity contribution in [1.29, 1.82) is 0 Å². The van der Waals surface area contributed by atoms with Crippen LogP contribution in [0.4, 0.5) is 11.5 Å². The summed E-state index contributed by atoms with van der Waals surface area (Å²) in [6, 6.07) is 8.94. The molecule has 3 rings (SSSR count). The highest BCUT2D eigenvalue weighted by Crippen LogP contribution is 2.32. The van der Waals surface area contributed by atoms with Gasteiger partial charge in [0.2, 0.25) is 11.8 Å². The lowest BCUT2D eigenvalue weighted by Gasteiger charge is -2.19. The number of rotatable bonds is 4. The number of carbonyl (C=O) groups excluding carboxylic acids is 2. The zero-order valence-electron chi connectivity index (χ0n) is 12.1. The van der Waals surface area contributed by atoms with E-state index in [0.717, 1.165) is 0 Å². The van der Waals surface area contributed by atoms with Gasteiger partial charge in [0, 0.05) is 19.0 Å². The molecular formula is C15H16N4O3.